The molecule has 1 unspecified atom stereocenters. The molecule has 1 heterocycles. The second-order valence-corrected chi connectivity index (χ2v) is 4.23. The van der Waals surface area contributed by atoms with Crippen molar-refractivity contribution in [1.29, 1.82) is 0 Å². The van der Waals surface area contributed by atoms with E-state index in [0.29, 0.717) is 16.5 Å². The lowest BCUT2D eigenvalue weighted by atomic mass is 10.1. The Morgan fingerprint density at radius 1 is 1.50 bits per heavy atom. The van der Waals surface area contributed by atoms with Crippen LogP contribution in [0.3, 0.4) is 0 Å². The zero-order valence-electron chi connectivity index (χ0n) is 9.89. The summed E-state index contributed by atoms with van der Waals surface area (Å²) in [5.74, 6) is -0.139. The van der Waals surface area contributed by atoms with Crippen molar-refractivity contribution in [2.24, 2.45) is 7.05 Å². The molecule has 0 aliphatic carbocycles. The molecule has 96 valence electrons. The molecule has 18 heavy (non-hydrogen) atoms. The van der Waals surface area contributed by atoms with Crippen molar-refractivity contribution in [3.8, 4) is 5.75 Å². The van der Waals surface area contributed by atoms with Crippen LogP contribution in [0, 0.1) is 5.82 Å². The van der Waals surface area contributed by atoms with Gasteiger partial charge in [0.1, 0.15) is 17.6 Å². The Labute approximate surface area is 109 Å². The van der Waals surface area contributed by atoms with Crippen LogP contribution in [0.15, 0.2) is 24.4 Å². The van der Waals surface area contributed by atoms with Crippen LogP contribution in [0.2, 0.25) is 5.02 Å². The average Bonchev–Trinajstić information content (AvgIpc) is 2.72. The van der Waals surface area contributed by atoms with Gasteiger partial charge in [-0.3, -0.25) is 4.68 Å². The average molecular weight is 271 g/mol. The van der Waals surface area contributed by atoms with E-state index in [1.807, 2.05) is 0 Å². The number of aryl methyl sites for hydroxylation is 1. The fourth-order valence-corrected chi connectivity index (χ4v) is 1.95. The Balaban J connectivity index is 2.50. The summed E-state index contributed by atoms with van der Waals surface area (Å²) >= 11 is 5.80. The Bertz CT molecular complexity index is 571. The van der Waals surface area contributed by atoms with Gasteiger partial charge in [-0.2, -0.15) is 5.10 Å². The van der Waals surface area contributed by atoms with Gasteiger partial charge in [-0.1, -0.05) is 11.6 Å². The molecule has 0 aliphatic rings. The van der Waals surface area contributed by atoms with Crippen molar-refractivity contribution >= 4 is 11.6 Å². The van der Waals surface area contributed by atoms with Gasteiger partial charge in [-0.15, -0.1) is 0 Å². The van der Waals surface area contributed by atoms with Crippen molar-refractivity contribution in [3.63, 3.8) is 0 Å². The van der Waals surface area contributed by atoms with Crippen LogP contribution >= 0.6 is 11.6 Å². The van der Waals surface area contributed by atoms with Crippen molar-refractivity contribution in [2.45, 2.75) is 6.10 Å². The number of hydrogen-bond donors (Lipinski definition) is 1. The van der Waals surface area contributed by atoms with E-state index in [1.54, 1.807) is 7.05 Å². The largest absolute Gasteiger partial charge is 0.493 e. The van der Waals surface area contributed by atoms with E-state index in [-0.39, 0.29) is 5.56 Å². The number of rotatable bonds is 3. The molecule has 1 N–H and O–H groups in total. The number of halogens is 2. The Morgan fingerprint density at radius 2 is 2.22 bits per heavy atom. The molecule has 0 radical (unpaired) electrons. The molecule has 0 fully saturated rings. The standard InChI is InChI=1S/C12H12ClFN2O2/c1-16-11(10(18-2)6-15-16)12(17)8-5-7(13)3-4-9(8)14/h3-6,12,17H,1-2H3. The van der Waals surface area contributed by atoms with Crippen molar-refractivity contribution in [1.82, 2.24) is 9.78 Å². The number of nitrogens with zero attached hydrogens (tertiary/aromatic N) is 2. The summed E-state index contributed by atoms with van der Waals surface area (Å²) in [4.78, 5) is 0. The third-order valence-corrected chi connectivity index (χ3v) is 2.92. The highest BCUT2D eigenvalue weighted by molar-refractivity contribution is 6.30. The van der Waals surface area contributed by atoms with E-state index < -0.39 is 11.9 Å². The van der Waals surface area contributed by atoms with Crippen LogP contribution in [-0.2, 0) is 7.05 Å². The second kappa shape index (κ2) is 4.96. The maximum absolute atomic E-state index is 13.7. The highest BCUT2D eigenvalue weighted by Gasteiger charge is 2.23. The summed E-state index contributed by atoms with van der Waals surface area (Å²) < 4.78 is 20.2. The summed E-state index contributed by atoms with van der Waals surface area (Å²) in [6.45, 7) is 0. The van der Waals surface area contributed by atoms with E-state index in [9.17, 15) is 9.50 Å². The molecule has 2 aromatic rings. The van der Waals surface area contributed by atoms with Crippen molar-refractivity contribution in [2.75, 3.05) is 7.11 Å². The Hall–Kier alpha value is -1.59. The molecule has 6 heteroatoms. The first-order valence-electron chi connectivity index (χ1n) is 5.23. The molecular weight excluding hydrogens is 259 g/mol. The zero-order chi connectivity index (χ0) is 13.3. The molecule has 4 nitrogen and oxygen atoms in total. The van der Waals surface area contributed by atoms with Crippen LogP contribution in [0.5, 0.6) is 5.75 Å². The predicted octanol–water partition coefficient (Wildman–Crippen LogP) is 2.30. The van der Waals surface area contributed by atoms with Gasteiger partial charge in [-0.25, -0.2) is 4.39 Å². The zero-order valence-corrected chi connectivity index (χ0v) is 10.6. The van der Waals surface area contributed by atoms with Gasteiger partial charge in [0.05, 0.1) is 13.3 Å². The van der Waals surface area contributed by atoms with Gasteiger partial charge in [0.15, 0.2) is 5.75 Å². The fraction of sp³-hybridized carbons (Fsp3) is 0.250. The van der Waals surface area contributed by atoms with Gasteiger partial charge >= 0.3 is 0 Å². The normalized spacial score (nSPS) is 12.5. The third kappa shape index (κ3) is 2.19. The van der Waals surface area contributed by atoms with Gasteiger partial charge in [0.25, 0.3) is 0 Å². The minimum atomic E-state index is -1.19. The molecule has 0 saturated heterocycles. The van der Waals surface area contributed by atoms with E-state index in [2.05, 4.69) is 5.10 Å². The molecular formula is C12H12ClFN2O2. The smallest absolute Gasteiger partial charge is 0.162 e. The topological polar surface area (TPSA) is 47.3 Å². The van der Waals surface area contributed by atoms with E-state index in [4.69, 9.17) is 16.3 Å². The lowest BCUT2D eigenvalue weighted by molar-refractivity contribution is 0.199. The van der Waals surface area contributed by atoms with Crippen molar-refractivity contribution < 1.29 is 14.2 Å². The van der Waals surface area contributed by atoms with Crippen LogP contribution in [0.25, 0.3) is 0 Å². The summed E-state index contributed by atoms with van der Waals surface area (Å²) in [6.07, 6.45) is 0.271. The van der Waals surface area contributed by atoms with Gasteiger partial charge < -0.3 is 9.84 Å². The van der Waals surface area contributed by atoms with Crippen molar-refractivity contribution in [3.05, 3.63) is 46.5 Å². The molecule has 1 atom stereocenters. The quantitative estimate of drug-likeness (QED) is 0.931. The number of aliphatic hydroxyl groups is 1. The monoisotopic (exact) mass is 270 g/mol. The molecule has 1 aromatic heterocycles. The maximum Gasteiger partial charge on any atom is 0.162 e. The summed E-state index contributed by atoms with van der Waals surface area (Å²) in [5, 5.41) is 14.6. The van der Waals surface area contributed by atoms with Crippen LogP contribution in [0.4, 0.5) is 4.39 Å². The molecule has 0 bridgehead atoms. The molecule has 2 rings (SSSR count). The highest BCUT2D eigenvalue weighted by atomic mass is 35.5. The minimum Gasteiger partial charge on any atom is -0.493 e. The number of ether oxygens (including phenoxy) is 1. The number of benzene rings is 1. The molecule has 0 spiro atoms. The summed E-state index contributed by atoms with van der Waals surface area (Å²) in [7, 11) is 3.10. The lowest BCUT2D eigenvalue weighted by Crippen LogP contribution is -2.09. The molecule has 0 saturated carbocycles. The fourth-order valence-electron chi connectivity index (χ4n) is 1.77. The lowest BCUT2D eigenvalue weighted by Gasteiger charge is -2.14. The summed E-state index contributed by atoms with van der Waals surface area (Å²) in [6, 6.07) is 4.02. The van der Waals surface area contributed by atoms with E-state index in [0.717, 1.165) is 0 Å². The molecule has 1 aromatic carbocycles. The Morgan fingerprint density at radius 3 is 2.89 bits per heavy atom. The number of aliphatic hydroxyl groups excluding tert-OH is 1. The maximum atomic E-state index is 13.7. The van der Waals surface area contributed by atoms with Crippen LogP contribution in [-0.4, -0.2) is 22.0 Å². The highest BCUT2D eigenvalue weighted by Crippen LogP contribution is 2.31. The van der Waals surface area contributed by atoms with Crippen LogP contribution in [0.1, 0.15) is 17.4 Å². The first-order chi connectivity index (χ1) is 8.54. The van der Waals surface area contributed by atoms with Gasteiger partial charge in [0, 0.05) is 17.6 Å². The van der Waals surface area contributed by atoms with E-state index in [1.165, 1.54) is 36.2 Å². The van der Waals surface area contributed by atoms with E-state index >= 15 is 0 Å². The first kappa shape index (κ1) is 12.9. The van der Waals surface area contributed by atoms with Crippen LogP contribution < -0.4 is 4.74 Å². The summed E-state index contributed by atoms with van der Waals surface area (Å²) in [5.41, 5.74) is 0.461. The van der Waals surface area contributed by atoms with Gasteiger partial charge in [-0.05, 0) is 18.2 Å². The minimum absolute atomic E-state index is 0.0874. The number of hydrogen-bond acceptors (Lipinski definition) is 3. The van der Waals surface area contributed by atoms with Gasteiger partial charge in [0.2, 0.25) is 0 Å². The third-order valence-electron chi connectivity index (χ3n) is 2.68. The predicted molar refractivity (Wildman–Crippen MR) is 65.2 cm³/mol. The first-order valence-corrected chi connectivity index (χ1v) is 5.61. The SMILES string of the molecule is COc1cnn(C)c1C(O)c1cc(Cl)ccc1F. The number of aromatic nitrogens is 2. The molecule has 0 aliphatic heterocycles. The Kier molecular flexibility index (Phi) is 3.54. The second-order valence-electron chi connectivity index (χ2n) is 3.79. The molecule has 0 amide bonds. The number of methoxy groups -OCH3 is 1.